The van der Waals surface area contributed by atoms with E-state index in [1.807, 2.05) is 29.4 Å². The molecule has 0 spiro atoms. The molecule has 1 saturated heterocycles. The normalized spacial score (nSPS) is 23.2. The summed E-state index contributed by atoms with van der Waals surface area (Å²) in [4.78, 5) is 13.4. The quantitative estimate of drug-likeness (QED) is 0.693. The Balaban J connectivity index is 1.45. The minimum Gasteiger partial charge on any atom is -0.367 e. The predicted octanol–water partition coefficient (Wildman–Crippen LogP) is 4.71. The first-order valence-electron chi connectivity index (χ1n) is 10.7. The van der Waals surface area contributed by atoms with E-state index in [4.69, 9.17) is 11.6 Å². The molecule has 2 aromatic rings. The standard InChI is InChI=1S/C23H24ClF2N5/c24-22-17(18(25)3-4-19(22)26)14-31-10-7-28-23-20(31)11-16(13-29-23)15-5-6-27-21(12-15)30-8-1-2-9-30/h3-6,11-13,19,22H,1-2,7-10,14H2,(H,28,29). The Morgan fingerprint density at radius 3 is 2.81 bits per heavy atom. The average molecular weight is 444 g/mol. The van der Waals surface area contributed by atoms with Gasteiger partial charge in [-0.2, -0.15) is 0 Å². The molecule has 2 aromatic heterocycles. The smallest absolute Gasteiger partial charge is 0.149 e. The Morgan fingerprint density at radius 1 is 1.13 bits per heavy atom. The van der Waals surface area contributed by atoms with Crippen molar-refractivity contribution in [3.8, 4) is 11.1 Å². The molecule has 1 fully saturated rings. The maximum Gasteiger partial charge on any atom is 0.149 e. The summed E-state index contributed by atoms with van der Waals surface area (Å²) in [5.74, 6) is 1.25. The molecule has 5 rings (SSSR count). The van der Waals surface area contributed by atoms with Crippen molar-refractivity contribution in [2.24, 2.45) is 0 Å². The second-order valence-electron chi connectivity index (χ2n) is 8.12. The number of pyridine rings is 2. The first-order valence-corrected chi connectivity index (χ1v) is 11.1. The van der Waals surface area contributed by atoms with Gasteiger partial charge in [-0.25, -0.2) is 18.7 Å². The lowest BCUT2D eigenvalue weighted by atomic mass is 10.0. The van der Waals surface area contributed by atoms with E-state index in [-0.39, 0.29) is 12.1 Å². The van der Waals surface area contributed by atoms with Crippen LogP contribution in [0, 0.1) is 0 Å². The third-order valence-corrected chi connectivity index (χ3v) is 6.60. The zero-order chi connectivity index (χ0) is 21.4. The van der Waals surface area contributed by atoms with Crippen LogP contribution in [0.5, 0.6) is 0 Å². The first kappa shape index (κ1) is 20.2. The third kappa shape index (κ3) is 3.99. The number of nitrogens with one attached hydrogen (secondary N) is 1. The molecule has 2 unspecified atom stereocenters. The van der Waals surface area contributed by atoms with Crippen LogP contribution in [0.1, 0.15) is 12.8 Å². The second kappa shape index (κ2) is 8.46. The highest BCUT2D eigenvalue weighted by Gasteiger charge is 2.30. The van der Waals surface area contributed by atoms with Gasteiger partial charge in [0, 0.05) is 56.3 Å². The fourth-order valence-electron chi connectivity index (χ4n) is 4.37. The number of nitrogens with zero attached hydrogens (tertiary/aromatic N) is 4. The van der Waals surface area contributed by atoms with Crippen molar-refractivity contribution in [3.63, 3.8) is 0 Å². The van der Waals surface area contributed by atoms with Gasteiger partial charge in [-0.15, -0.1) is 11.6 Å². The van der Waals surface area contributed by atoms with Crippen LogP contribution in [-0.4, -0.2) is 54.2 Å². The largest absolute Gasteiger partial charge is 0.367 e. The van der Waals surface area contributed by atoms with E-state index in [0.29, 0.717) is 13.1 Å². The molecule has 0 bridgehead atoms. The number of rotatable bonds is 4. The van der Waals surface area contributed by atoms with Crippen molar-refractivity contribution < 1.29 is 8.78 Å². The van der Waals surface area contributed by atoms with Crippen LogP contribution in [-0.2, 0) is 0 Å². The molecule has 2 aliphatic heterocycles. The molecule has 162 valence electrons. The summed E-state index contributed by atoms with van der Waals surface area (Å²) in [6.07, 6.45) is 7.00. The molecule has 3 aliphatic rings. The van der Waals surface area contributed by atoms with Gasteiger partial charge in [-0.3, -0.25) is 0 Å². The maximum absolute atomic E-state index is 14.4. The van der Waals surface area contributed by atoms with E-state index < -0.39 is 17.4 Å². The summed E-state index contributed by atoms with van der Waals surface area (Å²) in [6.45, 7) is 3.60. The molecule has 8 heteroatoms. The highest BCUT2D eigenvalue weighted by atomic mass is 35.5. The predicted molar refractivity (Wildman–Crippen MR) is 121 cm³/mol. The zero-order valence-electron chi connectivity index (χ0n) is 17.1. The minimum absolute atomic E-state index is 0.222. The molecule has 0 radical (unpaired) electrons. The maximum atomic E-state index is 14.4. The van der Waals surface area contributed by atoms with Crippen molar-refractivity contribution >= 4 is 28.9 Å². The number of anilines is 3. The Hall–Kier alpha value is -2.67. The number of hydrogen-bond acceptors (Lipinski definition) is 5. The molecule has 0 amide bonds. The molecule has 5 nitrogen and oxygen atoms in total. The lowest BCUT2D eigenvalue weighted by molar-refractivity contribution is 0.390. The van der Waals surface area contributed by atoms with E-state index in [1.165, 1.54) is 25.0 Å². The number of alkyl halides is 2. The zero-order valence-corrected chi connectivity index (χ0v) is 17.8. The summed E-state index contributed by atoms with van der Waals surface area (Å²) >= 11 is 6.19. The third-order valence-electron chi connectivity index (χ3n) is 6.10. The Bertz CT molecular complexity index is 1030. The summed E-state index contributed by atoms with van der Waals surface area (Å²) in [5, 5.41) is 2.29. The van der Waals surface area contributed by atoms with Gasteiger partial charge >= 0.3 is 0 Å². The SMILES string of the molecule is FC1=C(CN2CCNc3ncc(-c4ccnc(N5CCCC5)c4)cc32)C(Cl)C(F)C=C1. The topological polar surface area (TPSA) is 44.3 Å². The Kier molecular flexibility index (Phi) is 5.52. The van der Waals surface area contributed by atoms with Crippen molar-refractivity contribution in [3.05, 3.63) is 54.1 Å². The summed E-state index contributed by atoms with van der Waals surface area (Å²) < 4.78 is 28.4. The average Bonchev–Trinajstić information content (AvgIpc) is 3.34. The van der Waals surface area contributed by atoms with Crippen LogP contribution in [0.2, 0.25) is 0 Å². The van der Waals surface area contributed by atoms with E-state index in [1.54, 1.807) is 0 Å². The molecular weight excluding hydrogens is 420 g/mol. The fourth-order valence-corrected chi connectivity index (χ4v) is 4.63. The summed E-state index contributed by atoms with van der Waals surface area (Å²) in [5.41, 5.74) is 3.12. The van der Waals surface area contributed by atoms with Gasteiger partial charge in [0.05, 0.1) is 11.1 Å². The van der Waals surface area contributed by atoms with Crippen LogP contribution >= 0.6 is 11.6 Å². The van der Waals surface area contributed by atoms with Gasteiger partial charge in [-0.1, -0.05) is 0 Å². The number of fused-ring (bicyclic) bond motifs is 1. The van der Waals surface area contributed by atoms with Gasteiger partial charge < -0.3 is 15.1 Å². The van der Waals surface area contributed by atoms with Gasteiger partial charge in [0.1, 0.15) is 23.6 Å². The number of halogens is 3. The van der Waals surface area contributed by atoms with Crippen LogP contribution in [0.3, 0.4) is 0 Å². The van der Waals surface area contributed by atoms with Gasteiger partial charge in [-0.05, 0) is 48.8 Å². The van der Waals surface area contributed by atoms with Crippen LogP contribution in [0.25, 0.3) is 11.1 Å². The van der Waals surface area contributed by atoms with Gasteiger partial charge in [0.2, 0.25) is 0 Å². The van der Waals surface area contributed by atoms with E-state index in [9.17, 15) is 8.78 Å². The first-order chi connectivity index (χ1) is 15.1. The van der Waals surface area contributed by atoms with E-state index in [2.05, 4.69) is 26.3 Å². The molecule has 2 atom stereocenters. The Labute approximate surface area is 185 Å². The van der Waals surface area contributed by atoms with Crippen LogP contribution in [0.15, 0.2) is 54.1 Å². The van der Waals surface area contributed by atoms with Crippen LogP contribution < -0.4 is 15.1 Å². The molecule has 1 aliphatic carbocycles. The molecular formula is C23H24ClF2N5. The Morgan fingerprint density at radius 2 is 1.97 bits per heavy atom. The van der Waals surface area contributed by atoms with Crippen molar-refractivity contribution in [2.45, 2.75) is 24.4 Å². The van der Waals surface area contributed by atoms with E-state index >= 15 is 0 Å². The molecule has 31 heavy (non-hydrogen) atoms. The van der Waals surface area contributed by atoms with Crippen LogP contribution in [0.4, 0.5) is 26.1 Å². The van der Waals surface area contributed by atoms with Crippen molar-refractivity contribution in [1.82, 2.24) is 9.97 Å². The van der Waals surface area contributed by atoms with Crippen molar-refractivity contribution in [2.75, 3.05) is 47.8 Å². The van der Waals surface area contributed by atoms with E-state index in [0.717, 1.165) is 41.5 Å². The second-order valence-corrected chi connectivity index (χ2v) is 8.59. The molecule has 0 saturated carbocycles. The number of hydrogen-bond donors (Lipinski definition) is 1. The number of allylic oxidation sites excluding steroid dienone is 3. The minimum atomic E-state index is -1.39. The van der Waals surface area contributed by atoms with Gasteiger partial charge in [0.15, 0.2) is 0 Å². The highest BCUT2D eigenvalue weighted by Crippen LogP contribution is 2.35. The fraction of sp³-hybridized carbons (Fsp3) is 0.391. The van der Waals surface area contributed by atoms with Crippen molar-refractivity contribution in [1.29, 1.82) is 0 Å². The summed E-state index contributed by atoms with van der Waals surface area (Å²) in [7, 11) is 0. The molecule has 1 N–H and O–H groups in total. The molecule has 4 heterocycles. The molecule has 0 aromatic carbocycles. The number of aromatic nitrogens is 2. The highest BCUT2D eigenvalue weighted by molar-refractivity contribution is 6.23. The lowest BCUT2D eigenvalue weighted by Crippen LogP contribution is -2.38. The lowest BCUT2D eigenvalue weighted by Gasteiger charge is -2.34. The summed E-state index contributed by atoms with van der Waals surface area (Å²) in [6, 6.07) is 6.11. The van der Waals surface area contributed by atoms with Gasteiger partial charge in [0.25, 0.3) is 0 Å². The monoisotopic (exact) mass is 443 g/mol.